The van der Waals surface area contributed by atoms with E-state index in [0.29, 0.717) is 11.8 Å². The molecule has 0 unspecified atom stereocenters. The summed E-state index contributed by atoms with van der Waals surface area (Å²) in [5, 5.41) is 13.6. The molecule has 0 saturated carbocycles. The van der Waals surface area contributed by atoms with Crippen molar-refractivity contribution in [2.75, 3.05) is 17.6 Å². The first-order valence-electron chi connectivity index (χ1n) is 6.43. The van der Waals surface area contributed by atoms with E-state index in [1.54, 1.807) is 0 Å². The predicted molar refractivity (Wildman–Crippen MR) is 82.1 cm³/mol. The molecule has 2 amide bonds. The quantitative estimate of drug-likeness (QED) is 0.501. The van der Waals surface area contributed by atoms with Crippen LogP contribution in [0, 0.1) is 0 Å². The molecule has 1 aromatic carbocycles. The number of carboxylic acids is 1. The molecule has 128 valence electrons. The van der Waals surface area contributed by atoms with Gasteiger partial charge in [0.2, 0.25) is 0 Å². The molecular formula is C13H14ClF3N2O3S. The van der Waals surface area contributed by atoms with Crippen LogP contribution in [0.15, 0.2) is 23.1 Å². The van der Waals surface area contributed by atoms with Gasteiger partial charge in [0.15, 0.2) is 0 Å². The van der Waals surface area contributed by atoms with Crippen molar-refractivity contribution < 1.29 is 27.9 Å². The van der Waals surface area contributed by atoms with E-state index in [4.69, 9.17) is 16.7 Å². The summed E-state index contributed by atoms with van der Waals surface area (Å²) in [7, 11) is 0. The molecule has 1 rings (SSSR count). The van der Waals surface area contributed by atoms with Gasteiger partial charge in [-0.3, -0.25) is 4.79 Å². The Morgan fingerprint density at radius 2 is 2.00 bits per heavy atom. The Morgan fingerprint density at radius 3 is 2.61 bits per heavy atom. The first-order valence-corrected chi connectivity index (χ1v) is 7.79. The van der Waals surface area contributed by atoms with E-state index >= 15 is 0 Å². The van der Waals surface area contributed by atoms with Crippen molar-refractivity contribution in [3.05, 3.63) is 23.2 Å². The van der Waals surface area contributed by atoms with E-state index in [1.165, 1.54) is 18.2 Å². The number of carboxylic acid groups (broad SMARTS) is 1. The number of amides is 2. The third-order valence-corrected chi connectivity index (χ3v) is 3.81. The summed E-state index contributed by atoms with van der Waals surface area (Å²) in [6.07, 6.45) is -4.18. The van der Waals surface area contributed by atoms with E-state index in [-0.39, 0.29) is 35.0 Å². The Kier molecular flexibility index (Phi) is 7.50. The number of alkyl halides is 3. The van der Waals surface area contributed by atoms with Crippen LogP contribution < -0.4 is 10.6 Å². The summed E-state index contributed by atoms with van der Waals surface area (Å²) in [6, 6.07) is 3.51. The van der Waals surface area contributed by atoms with Gasteiger partial charge in [-0.15, -0.1) is 11.8 Å². The molecule has 23 heavy (non-hydrogen) atoms. The van der Waals surface area contributed by atoms with Gasteiger partial charge in [0.25, 0.3) is 0 Å². The molecule has 0 spiro atoms. The minimum absolute atomic E-state index is 0.0931. The lowest BCUT2D eigenvalue weighted by Crippen LogP contribution is -2.30. The van der Waals surface area contributed by atoms with Crippen LogP contribution in [0.2, 0.25) is 5.02 Å². The first kappa shape index (κ1) is 19.4. The second kappa shape index (κ2) is 8.88. The summed E-state index contributed by atoms with van der Waals surface area (Å²) in [4.78, 5) is 22.2. The summed E-state index contributed by atoms with van der Waals surface area (Å²) in [6.45, 7) is 0.129. The molecule has 10 heteroatoms. The number of carbonyl (C=O) groups is 2. The van der Waals surface area contributed by atoms with E-state index < -0.39 is 23.9 Å². The maximum atomic E-state index is 12.3. The zero-order chi connectivity index (χ0) is 17.5. The SMILES string of the molecule is O=C(O)CCCNC(=O)Nc1cc(Cl)ccc1SCC(F)(F)F. The van der Waals surface area contributed by atoms with Crippen molar-refractivity contribution in [1.82, 2.24) is 5.32 Å². The van der Waals surface area contributed by atoms with E-state index in [0.717, 1.165) is 0 Å². The Balaban J connectivity index is 2.61. The number of urea groups is 1. The second-order valence-corrected chi connectivity index (χ2v) is 5.88. The van der Waals surface area contributed by atoms with Crippen LogP contribution in [0.5, 0.6) is 0 Å². The van der Waals surface area contributed by atoms with Crippen molar-refractivity contribution in [2.45, 2.75) is 23.9 Å². The number of carbonyl (C=O) groups excluding carboxylic acids is 1. The molecule has 0 bridgehead atoms. The maximum Gasteiger partial charge on any atom is 0.398 e. The highest BCUT2D eigenvalue weighted by Gasteiger charge is 2.27. The standard InChI is InChI=1S/C13H14ClF3N2O3S/c14-8-3-4-10(23-7-13(15,16)17)9(6-8)19-12(22)18-5-1-2-11(20)21/h3-4,6H,1-2,5,7H2,(H,20,21)(H2,18,19,22). The molecule has 1 aromatic rings. The van der Waals surface area contributed by atoms with Crippen molar-refractivity contribution in [1.29, 1.82) is 0 Å². The van der Waals surface area contributed by atoms with Crippen molar-refractivity contribution in [3.8, 4) is 0 Å². The van der Waals surface area contributed by atoms with Crippen molar-refractivity contribution >= 4 is 41.1 Å². The third kappa shape index (κ3) is 8.56. The van der Waals surface area contributed by atoms with Crippen molar-refractivity contribution in [3.63, 3.8) is 0 Å². The Bertz CT molecular complexity index is 570. The molecule has 0 aliphatic rings. The number of hydrogen-bond acceptors (Lipinski definition) is 3. The fraction of sp³-hybridized carbons (Fsp3) is 0.385. The van der Waals surface area contributed by atoms with Crippen LogP contribution in [0.1, 0.15) is 12.8 Å². The summed E-state index contributed by atoms with van der Waals surface area (Å²) >= 11 is 6.32. The molecule has 0 heterocycles. The van der Waals surface area contributed by atoms with Gasteiger partial charge in [-0.25, -0.2) is 4.79 Å². The van der Waals surface area contributed by atoms with Crippen LogP contribution in [-0.2, 0) is 4.79 Å². The van der Waals surface area contributed by atoms with Gasteiger partial charge in [-0.05, 0) is 24.6 Å². The minimum Gasteiger partial charge on any atom is -0.481 e. The fourth-order valence-corrected chi connectivity index (χ4v) is 2.41. The molecule has 0 aromatic heterocycles. The molecule has 0 radical (unpaired) electrons. The van der Waals surface area contributed by atoms with Crippen LogP contribution in [0.25, 0.3) is 0 Å². The second-order valence-electron chi connectivity index (χ2n) is 4.42. The molecule has 0 fully saturated rings. The van der Waals surface area contributed by atoms with Gasteiger partial charge in [-0.2, -0.15) is 13.2 Å². The number of halogens is 4. The minimum atomic E-state index is -4.33. The van der Waals surface area contributed by atoms with Crippen LogP contribution in [0.3, 0.4) is 0 Å². The highest BCUT2D eigenvalue weighted by atomic mass is 35.5. The van der Waals surface area contributed by atoms with Gasteiger partial charge in [-0.1, -0.05) is 11.6 Å². The Morgan fingerprint density at radius 1 is 1.30 bits per heavy atom. The lowest BCUT2D eigenvalue weighted by Gasteiger charge is -2.13. The lowest BCUT2D eigenvalue weighted by atomic mass is 10.3. The summed E-state index contributed by atoms with van der Waals surface area (Å²) in [5.41, 5.74) is 0.155. The average Bonchev–Trinajstić information content (AvgIpc) is 2.41. The molecule has 5 nitrogen and oxygen atoms in total. The normalized spacial score (nSPS) is 11.1. The molecule has 3 N–H and O–H groups in total. The third-order valence-electron chi connectivity index (χ3n) is 2.43. The molecule has 0 aliphatic carbocycles. The smallest absolute Gasteiger partial charge is 0.398 e. The van der Waals surface area contributed by atoms with Gasteiger partial charge >= 0.3 is 18.2 Å². The largest absolute Gasteiger partial charge is 0.481 e. The zero-order valence-electron chi connectivity index (χ0n) is 11.7. The number of thioether (sulfide) groups is 1. The lowest BCUT2D eigenvalue weighted by molar-refractivity contribution is -0.137. The van der Waals surface area contributed by atoms with Crippen LogP contribution >= 0.6 is 23.4 Å². The van der Waals surface area contributed by atoms with Gasteiger partial charge in [0.05, 0.1) is 11.4 Å². The van der Waals surface area contributed by atoms with Crippen molar-refractivity contribution in [2.24, 2.45) is 0 Å². The number of benzene rings is 1. The molecule has 0 saturated heterocycles. The highest BCUT2D eigenvalue weighted by molar-refractivity contribution is 7.99. The predicted octanol–water partition coefficient (Wildman–Crippen LogP) is 3.98. The molecule has 0 aliphatic heterocycles. The maximum absolute atomic E-state index is 12.3. The number of anilines is 1. The van der Waals surface area contributed by atoms with E-state index in [2.05, 4.69) is 10.6 Å². The number of hydrogen-bond donors (Lipinski definition) is 3. The van der Waals surface area contributed by atoms with E-state index in [1.807, 2.05) is 0 Å². The molecular weight excluding hydrogens is 357 g/mol. The number of aliphatic carboxylic acids is 1. The van der Waals surface area contributed by atoms with Crippen LogP contribution in [0.4, 0.5) is 23.7 Å². The van der Waals surface area contributed by atoms with Crippen LogP contribution in [-0.4, -0.2) is 35.6 Å². The van der Waals surface area contributed by atoms with Gasteiger partial charge < -0.3 is 15.7 Å². The topological polar surface area (TPSA) is 78.4 Å². The summed E-state index contributed by atoms with van der Waals surface area (Å²) in [5.74, 6) is -2.07. The number of nitrogens with one attached hydrogen (secondary N) is 2. The first-order chi connectivity index (χ1) is 10.7. The van der Waals surface area contributed by atoms with E-state index in [9.17, 15) is 22.8 Å². The zero-order valence-corrected chi connectivity index (χ0v) is 13.3. The summed E-state index contributed by atoms with van der Waals surface area (Å²) < 4.78 is 36.9. The van der Waals surface area contributed by atoms with Gasteiger partial charge in [0, 0.05) is 22.9 Å². The number of rotatable bonds is 7. The monoisotopic (exact) mass is 370 g/mol. The fourth-order valence-electron chi connectivity index (χ4n) is 1.49. The van der Waals surface area contributed by atoms with Gasteiger partial charge in [0.1, 0.15) is 0 Å². The Labute approximate surface area is 139 Å². The Hall–Kier alpha value is -1.61. The highest BCUT2D eigenvalue weighted by Crippen LogP contribution is 2.33. The molecule has 0 atom stereocenters. The average molecular weight is 371 g/mol.